The largest absolute Gasteiger partial charge is 0.478 e. The summed E-state index contributed by atoms with van der Waals surface area (Å²) in [7, 11) is 3.24. The van der Waals surface area contributed by atoms with E-state index in [9.17, 15) is 48.3 Å². The third kappa shape index (κ3) is 19.0. The molecule has 1 aliphatic heterocycles. The third-order valence-corrected chi connectivity index (χ3v) is 15.0. The van der Waals surface area contributed by atoms with E-state index in [1.165, 1.54) is 11.8 Å². The fourth-order valence-electron chi connectivity index (χ4n) is 9.90. The van der Waals surface area contributed by atoms with E-state index in [0.29, 0.717) is 33.8 Å². The van der Waals surface area contributed by atoms with Gasteiger partial charge in [-0.3, -0.25) is 34.1 Å². The zero-order valence-corrected chi connectivity index (χ0v) is 51.3. The van der Waals surface area contributed by atoms with Crippen LogP contribution >= 0.6 is 0 Å². The summed E-state index contributed by atoms with van der Waals surface area (Å²) in [4.78, 5) is 123. The lowest BCUT2D eigenvalue weighted by Crippen LogP contribution is -2.61. The van der Waals surface area contributed by atoms with Gasteiger partial charge in [0.25, 0.3) is 0 Å². The lowest BCUT2D eigenvalue weighted by Gasteiger charge is -2.40. The molecule has 21 nitrogen and oxygen atoms in total. The van der Waals surface area contributed by atoms with Gasteiger partial charge in [-0.2, -0.15) is 0 Å². The molecular weight excluding hydrogens is 1100 g/mol. The molecule has 460 valence electrons. The van der Waals surface area contributed by atoms with E-state index in [0.717, 1.165) is 11.1 Å². The highest BCUT2D eigenvalue weighted by atomic mass is 16.5. The number of hydrogen-bond donors (Lipinski definition) is 9. The first-order valence-corrected chi connectivity index (χ1v) is 28.7. The number of rotatable bonds is 26. The van der Waals surface area contributed by atoms with Gasteiger partial charge in [0.05, 0.1) is 24.3 Å². The lowest BCUT2D eigenvalue weighted by atomic mass is 9.76. The normalized spacial score (nSPS) is 13.9. The second kappa shape index (κ2) is 30.7. The number of aliphatic carboxylic acids is 1. The van der Waals surface area contributed by atoms with E-state index in [2.05, 4.69) is 49.1 Å². The molecule has 0 fully saturated rings. The maximum atomic E-state index is 14.2. The molecule has 0 saturated heterocycles. The number of fused-ring (bicyclic) bond motifs is 2. The SMILES string of the molecule is CN[C@H](C(=O)N[C@H](C(=O)N(C)[C@H](/C=C(\C)C(=O)O)C(C)C)C(C)(C)C)C(C)(C)c1cccc(NC(=O)OCc2ccc(NC(=O)[C@H](CCCNC(N)=O)NC(=O)[C@@H](NC(=O)CCC(=O)N3Cc4ccccc4C#Cc4ccccc43)C(C)C)cc2)c1. The van der Waals surface area contributed by atoms with Gasteiger partial charge in [-0.25, -0.2) is 14.4 Å². The summed E-state index contributed by atoms with van der Waals surface area (Å²) in [6.45, 7) is 18.2. The van der Waals surface area contributed by atoms with Crippen molar-refractivity contribution in [1.29, 1.82) is 0 Å². The molecule has 0 spiro atoms. The molecule has 21 heteroatoms. The molecule has 0 bridgehead atoms. The van der Waals surface area contributed by atoms with Crippen LogP contribution in [0.25, 0.3) is 0 Å². The molecule has 0 aliphatic carbocycles. The van der Waals surface area contributed by atoms with E-state index in [4.69, 9.17) is 10.5 Å². The molecule has 9 amide bonds. The number of carbonyl (C=O) groups excluding carboxylic acids is 8. The van der Waals surface area contributed by atoms with Gasteiger partial charge in [0.15, 0.2) is 0 Å². The quantitative estimate of drug-likeness (QED) is 0.0173. The Morgan fingerprint density at radius 3 is 2.02 bits per heavy atom. The number of carboxylic acids is 1. The van der Waals surface area contributed by atoms with Crippen LogP contribution in [0.15, 0.2) is 109 Å². The highest BCUT2D eigenvalue weighted by molar-refractivity contribution is 6.00. The minimum atomic E-state index is -1.12. The summed E-state index contributed by atoms with van der Waals surface area (Å²) < 4.78 is 5.56. The van der Waals surface area contributed by atoms with Crippen molar-refractivity contribution >= 4 is 70.6 Å². The van der Waals surface area contributed by atoms with Crippen molar-refractivity contribution in [2.24, 2.45) is 23.0 Å². The third-order valence-electron chi connectivity index (χ3n) is 15.0. The van der Waals surface area contributed by atoms with Crippen LogP contribution in [0.1, 0.15) is 123 Å². The van der Waals surface area contributed by atoms with Crippen LogP contribution in [0.4, 0.5) is 26.7 Å². The molecule has 1 aliphatic rings. The van der Waals surface area contributed by atoms with Crippen LogP contribution in [-0.2, 0) is 56.9 Å². The molecule has 5 atom stereocenters. The second-order valence-electron chi connectivity index (χ2n) is 23.7. The van der Waals surface area contributed by atoms with E-state index in [-0.39, 0.29) is 68.7 Å². The number of benzene rings is 4. The van der Waals surface area contributed by atoms with Crippen LogP contribution in [0.5, 0.6) is 0 Å². The van der Waals surface area contributed by atoms with Gasteiger partial charge >= 0.3 is 18.1 Å². The summed E-state index contributed by atoms with van der Waals surface area (Å²) in [5.74, 6) is 1.83. The van der Waals surface area contributed by atoms with E-state index < -0.39 is 88.7 Å². The van der Waals surface area contributed by atoms with Crippen molar-refractivity contribution in [2.45, 2.75) is 144 Å². The number of carbonyl (C=O) groups is 9. The van der Waals surface area contributed by atoms with Crippen molar-refractivity contribution < 1.29 is 53.0 Å². The first kappa shape index (κ1) is 67.8. The number of nitrogens with two attached hydrogens (primary N) is 1. The molecule has 10 N–H and O–H groups in total. The predicted molar refractivity (Wildman–Crippen MR) is 330 cm³/mol. The molecule has 0 aromatic heterocycles. The van der Waals surface area contributed by atoms with Gasteiger partial charge < -0.3 is 57.3 Å². The minimum Gasteiger partial charge on any atom is -0.478 e. The zero-order valence-electron chi connectivity index (χ0n) is 51.3. The van der Waals surface area contributed by atoms with Crippen molar-refractivity contribution in [3.63, 3.8) is 0 Å². The van der Waals surface area contributed by atoms with Crippen molar-refractivity contribution in [3.05, 3.63) is 137 Å². The highest BCUT2D eigenvalue weighted by Crippen LogP contribution is 2.32. The molecule has 0 radical (unpaired) electrons. The molecule has 4 aromatic rings. The smallest absolute Gasteiger partial charge is 0.411 e. The van der Waals surface area contributed by atoms with Crippen LogP contribution in [0, 0.1) is 29.1 Å². The fourth-order valence-corrected chi connectivity index (χ4v) is 9.90. The van der Waals surface area contributed by atoms with Crippen LogP contribution < -0.4 is 47.9 Å². The monoisotopic (exact) mass is 1180 g/mol. The van der Waals surface area contributed by atoms with Crippen LogP contribution in [0.3, 0.4) is 0 Å². The number of para-hydroxylation sites is 1. The Labute approximate surface area is 504 Å². The topological polar surface area (TPSA) is 300 Å². The zero-order chi connectivity index (χ0) is 63.6. The Kier molecular flexibility index (Phi) is 24.2. The first-order valence-electron chi connectivity index (χ1n) is 28.7. The number of nitrogens with zero attached hydrogens (tertiary/aromatic N) is 2. The van der Waals surface area contributed by atoms with Gasteiger partial charge in [-0.1, -0.05) is 135 Å². The summed E-state index contributed by atoms with van der Waals surface area (Å²) in [6.07, 6.45) is 0.742. The molecular formula is C65H84N10O11. The summed E-state index contributed by atoms with van der Waals surface area (Å²) in [5, 5.41) is 29.2. The van der Waals surface area contributed by atoms with Gasteiger partial charge in [-0.05, 0) is 103 Å². The Balaban J connectivity index is 1.18. The summed E-state index contributed by atoms with van der Waals surface area (Å²) in [5.41, 5.74) is 8.68. The Bertz CT molecular complexity index is 3210. The summed E-state index contributed by atoms with van der Waals surface area (Å²) in [6, 6.07) is 22.9. The molecule has 0 unspecified atom stereocenters. The van der Waals surface area contributed by atoms with Gasteiger partial charge in [0, 0.05) is 59.9 Å². The standard InChI is InChI=1S/C65H84N10O11/c1-39(2)51(35-41(5)61(82)83)74(12)60(81)56(64(6,7)8)73-59(80)55(67-11)65(9,10)46-22-17-23-48(36-46)70-63(85)86-38-42-26-30-47(31-27-42)69-57(78)49(24-18-34-68-62(66)84)71-58(79)54(40(3)4)72-52(76)32-33-53(77)75-37-45-21-14-13-19-43(45)28-29-44-20-15-16-25-50(44)75/h13-17,19-23,25-27,30-31,35-36,39-40,49,51,54-56,67H,18,24,32-34,37-38H2,1-12H3,(H,69,78)(H,70,85)(H,71,79)(H,72,76)(H,73,80)(H,82,83)(H3,66,68,84)/b41-35+/t49-,51+,54-,55+,56+/m0/s1. The number of ether oxygens (including phenoxy) is 1. The molecule has 5 rings (SSSR count). The Morgan fingerprint density at radius 2 is 1.40 bits per heavy atom. The fraction of sp³-hybridized carbons (Fsp3) is 0.431. The highest BCUT2D eigenvalue weighted by Gasteiger charge is 2.42. The molecule has 0 saturated carbocycles. The van der Waals surface area contributed by atoms with Crippen molar-refractivity contribution in [2.75, 3.05) is 36.2 Å². The van der Waals surface area contributed by atoms with Crippen molar-refractivity contribution in [1.82, 2.24) is 31.5 Å². The second-order valence-corrected chi connectivity index (χ2v) is 23.7. The molecule has 1 heterocycles. The number of anilines is 3. The van der Waals surface area contributed by atoms with E-state index >= 15 is 0 Å². The van der Waals surface area contributed by atoms with Crippen molar-refractivity contribution in [3.8, 4) is 11.8 Å². The predicted octanol–water partition coefficient (Wildman–Crippen LogP) is 7.09. The van der Waals surface area contributed by atoms with Gasteiger partial charge in [-0.15, -0.1) is 0 Å². The van der Waals surface area contributed by atoms with Crippen LogP contribution in [-0.4, -0.2) is 114 Å². The average molecular weight is 1180 g/mol. The number of nitrogens with one attached hydrogen (secondary N) is 7. The van der Waals surface area contributed by atoms with Gasteiger partial charge in [0.1, 0.15) is 24.7 Å². The van der Waals surface area contributed by atoms with Gasteiger partial charge in [0.2, 0.25) is 35.4 Å². The number of carboxylic acid groups (broad SMARTS) is 1. The summed E-state index contributed by atoms with van der Waals surface area (Å²) >= 11 is 0. The molecule has 4 aromatic carbocycles. The number of hydrogen-bond acceptors (Lipinski definition) is 11. The lowest BCUT2D eigenvalue weighted by molar-refractivity contribution is -0.141. The van der Waals surface area contributed by atoms with E-state index in [1.54, 1.807) is 81.4 Å². The van der Waals surface area contributed by atoms with Crippen LogP contribution in [0.2, 0.25) is 0 Å². The number of amides is 9. The minimum absolute atomic E-state index is 0.0812. The molecule has 86 heavy (non-hydrogen) atoms. The maximum Gasteiger partial charge on any atom is 0.411 e. The number of likely N-dealkylation sites (N-methyl/N-ethyl adjacent to an activating group) is 2. The number of urea groups is 1. The Morgan fingerprint density at radius 1 is 0.744 bits per heavy atom. The number of primary amides is 1. The Hall–Kier alpha value is -9.03. The first-order chi connectivity index (χ1) is 40.5. The maximum absolute atomic E-state index is 14.2. The average Bonchev–Trinajstić information content (AvgIpc) is 3.59. The van der Waals surface area contributed by atoms with E-state index in [1.807, 2.05) is 103 Å².